The molecule has 0 aliphatic carbocycles. The normalized spacial score (nSPS) is 11.2. The van der Waals surface area contributed by atoms with Crippen molar-refractivity contribution in [2.24, 2.45) is 0 Å². The van der Waals surface area contributed by atoms with Gasteiger partial charge in [0, 0.05) is 28.6 Å². The van der Waals surface area contributed by atoms with E-state index in [0.29, 0.717) is 18.1 Å². The van der Waals surface area contributed by atoms with E-state index in [4.69, 9.17) is 10.8 Å². The van der Waals surface area contributed by atoms with E-state index >= 15 is 0 Å². The number of hydrogen-bond donors (Lipinski definition) is 2. The maximum atomic E-state index is 13.2. The Balaban J connectivity index is 1.46. The minimum atomic E-state index is -0.170. The Kier molecular flexibility index (Phi) is 5.74. The monoisotopic (exact) mass is 466 g/mol. The van der Waals surface area contributed by atoms with Crippen LogP contribution in [0.2, 0.25) is 0 Å². The van der Waals surface area contributed by atoms with Gasteiger partial charge in [0.2, 0.25) is 11.9 Å². The summed E-state index contributed by atoms with van der Waals surface area (Å²) in [4.78, 5) is 21.8. The van der Waals surface area contributed by atoms with Crippen molar-refractivity contribution in [3.63, 3.8) is 0 Å². The number of rotatable bonds is 6. The molecule has 176 valence electrons. The molecule has 0 fully saturated rings. The number of benzene rings is 2. The van der Waals surface area contributed by atoms with Crippen LogP contribution in [-0.4, -0.2) is 35.3 Å². The summed E-state index contributed by atoms with van der Waals surface area (Å²) in [5.74, 6) is 1.03. The number of nitrogen functional groups attached to an aromatic ring is 1. The van der Waals surface area contributed by atoms with Crippen LogP contribution in [-0.2, 0) is 17.8 Å². The molecule has 0 bridgehead atoms. The lowest BCUT2D eigenvalue weighted by atomic mass is 10.1. The number of nitrogens with one attached hydrogen (secondary N) is 1. The van der Waals surface area contributed by atoms with Crippen LogP contribution in [0, 0.1) is 20.8 Å². The van der Waals surface area contributed by atoms with Gasteiger partial charge >= 0.3 is 0 Å². The van der Waals surface area contributed by atoms with E-state index in [-0.39, 0.29) is 18.3 Å². The zero-order valence-corrected chi connectivity index (χ0v) is 19.9. The van der Waals surface area contributed by atoms with Crippen LogP contribution in [0.5, 0.6) is 0 Å². The van der Waals surface area contributed by atoms with Gasteiger partial charge in [-0.15, -0.1) is 5.10 Å². The van der Waals surface area contributed by atoms with Crippen LogP contribution < -0.4 is 11.1 Å². The first kappa shape index (κ1) is 22.3. The van der Waals surface area contributed by atoms with E-state index in [1.165, 1.54) is 0 Å². The molecule has 0 saturated heterocycles. The average Bonchev–Trinajstić information content (AvgIpc) is 3.40. The highest BCUT2D eigenvalue weighted by atomic mass is 16.1. The highest BCUT2D eigenvalue weighted by Gasteiger charge is 2.18. The van der Waals surface area contributed by atoms with E-state index in [1.54, 1.807) is 4.52 Å². The molecule has 0 aliphatic rings. The van der Waals surface area contributed by atoms with Crippen molar-refractivity contribution in [1.82, 2.24) is 29.4 Å². The van der Waals surface area contributed by atoms with Gasteiger partial charge in [-0.3, -0.25) is 4.79 Å². The van der Waals surface area contributed by atoms with Crippen molar-refractivity contribution in [2.75, 3.05) is 11.1 Å². The summed E-state index contributed by atoms with van der Waals surface area (Å²) in [7, 11) is 0. The molecule has 1 amide bonds. The smallest absolute Gasteiger partial charge is 0.254 e. The van der Waals surface area contributed by atoms with Gasteiger partial charge in [-0.05, 0) is 31.9 Å². The second-order valence-corrected chi connectivity index (χ2v) is 8.54. The van der Waals surface area contributed by atoms with Crippen LogP contribution in [0.15, 0.2) is 60.7 Å². The van der Waals surface area contributed by atoms with Gasteiger partial charge in [0.05, 0.1) is 18.7 Å². The summed E-state index contributed by atoms with van der Waals surface area (Å²) in [5.41, 5.74) is 12.1. The number of anilines is 2. The van der Waals surface area contributed by atoms with Gasteiger partial charge in [0.15, 0.2) is 0 Å². The van der Waals surface area contributed by atoms with Gasteiger partial charge < -0.3 is 11.1 Å². The molecule has 3 heterocycles. The Morgan fingerprint density at radius 3 is 2.49 bits per heavy atom. The Bertz CT molecular complexity index is 1530. The number of amides is 1. The van der Waals surface area contributed by atoms with Crippen LogP contribution in [0.25, 0.3) is 17.0 Å². The molecular weight excluding hydrogens is 440 g/mol. The fourth-order valence-electron chi connectivity index (χ4n) is 4.21. The highest BCUT2D eigenvalue weighted by Crippen LogP contribution is 2.26. The lowest BCUT2D eigenvalue weighted by molar-refractivity contribution is -0.115. The summed E-state index contributed by atoms with van der Waals surface area (Å²) in [6.07, 6.45) is 0.136. The molecule has 0 atom stereocenters. The predicted molar refractivity (Wildman–Crippen MR) is 135 cm³/mol. The first-order valence-corrected chi connectivity index (χ1v) is 11.3. The van der Waals surface area contributed by atoms with E-state index in [0.717, 1.165) is 39.3 Å². The Morgan fingerprint density at radius 2 is 1.71 bits per heavy atom. The van der Waals surface area contributed by atoms with Crippen LogP contribution in [0.3, 0.4) is 0 Å². The van der Waals surface area contributed by atoms with Crippen LogP contribution in [0.1, 0.15) is 28.1 Å². The van der Waals surface area contributed by atoms with Gasteiger partial charge in [-0.1, -0.05) is 54.6 Å². The summed E-state index contributed by atoms with van der Waals surface area (Å²) >= 11 is 0. The molecule has 35 heavy (non-hydrogen) atoms. The number of carbonyl (C=O) groups is 1. The fourth-order valence-corrected chi connectivity index (χ4v) is 4.21. The predicted octanol–water partition coefficient (Wildman–Crippen LogP) is 3.72. The van der Waals surface area contributed by atoms with Gasteiger partial charge in [0.1, 0.15) is 5.82 Å². The number of aromatic nitrogens is 6. The molecule has 9 heteroatoms. The van der Waals surface area contributed by atoms with Gasteiger partial charge in [0.25, 0.3) is 5.78 Å². The topological polar surface area (TPSA) is 116 Å². The molecule has 0 unspecified atom stereocenters. The summed E-state index contributed by atoms with van der Waals surface area (Å²) in [6.45, 7) is 6.33. The summed E-state index contributed by atoms with van der Waals surface area (Å²) in [6, 6.07) is 20.0. The lowest BCUT2D eigenvalue weighted by Crippen LogP contribution is -2.20. The summed E-state index contributed by atoms with van der Waals surface area (Å²) in [5, 5.41) is 12.1. The van der Waals surface area contributed by atoms with Crippen molar-refractivity contribution >= 4 is 23.5 Å². The number of fused-ring (bicyclic) bond motifs is 1. The number of hydrogen-bond acceptors (Lipinski definition) is 6. The number of nitrogens with zero attached hydrogens (tertiary/aromatic N) is 6. The minimum absolute atomic E-state index is 0.136. The Labute approximate surface area is 202 Å². The molecule has 0 radical (unpaired) electrons. The first-order valence-electron chi connectivity index (χ1n) is 11.3. The van der Waals surface area contributed by atoms with E-state index in [2.05, 4.69) is 33.4 Å². The fraction of sp³-hybridized carbons (Fsp3) is 0.192. The standard InChI is InChI=1S/C26H26N8O/c1-16-9-7-8-12-20(16)22-14-23(33(31-22)15-19-10-5-4-6-11-19)29-24(35)13-21-17(2)28-26-30-25(27)32-34(26)18(21)3/h4-12,14H,13,15H2,1-3H3,(H2,27,32)(H,29,35). The van der Waals surface area contributed by atoms with Crippen molar-refractivity contribution in [2.45, 2.75) is 33.7 Å². The SMILES string of the molecule is Cc1ccccc1-c1cc(NC(=O)Cc2c(C)nc3nc(N)nn3c2C)n(Cc2ccccc2)n1. The summed E-state index contributed by atoms with van der Waals surface area (Å²) < 4.78 is 3.40. The molecular formula is C26H26N8O. The first-order chi connectivity index (χ1) is 16.9. The second kappa shape index (κ2) is 9.02. The number of aryl methyl sites for hydroxylation is 3. The quantitative estimate of drug-likeness (QED) is 0.394. The lowest BCUT2D eigenvalue weighted by Gasteiger charge is -2.12. The second-order valence-electron chi connectivity index (χ2n) is 8.54. The molecule has 5 aromatic rings. The van der Waals surface area contributed by atoms with Crippen molar-refractivity contribution < 1.29 is 4.79 Å². The maximum absolute atomic E-state index is 13.2. The zero-order chi connectivity index (χ0) is 24.5. The van der Waals surface area contributed by atoms with E-state index < -0.39 is 0 Å². The molecule has 0 spiro atoms. The minimum Gasteiger partial charge on any atom is -0.366 e. The third kappa shape index (κ3) is 4.48. The van der Waals surface area contributed by atoms with Gasteiger partial charge in [-0.2, -0.15) is 14.6 Å². The highest BCUT2D eigenvalue weighted by molar-refractivity contribution is 5.92. The molecule has 3 aromatic heterocycles. The molecule has 2 aromatic carbocycles. The van der Waals surface area contributed by atoms with Crippen LogP contribution in [0.4, 0.5) is 11.8 Å². The van der Waals surface area contributed by atoms with Crippen molar-refractivity contribution in [3.05, 3.63) is 88.7 Å². The van der Waals surface area contributed by atoms with Crippen LogP contribution >= 0.6 is 0 Å². The average molecular weight is 467 g/mol. The zero-order valence-electron chi connectivity index (χ0n) is 19.9. The Hall–Kier alpha value is -4.53. The molecule has 3 N–H and O–H groups in total. The third-order valence-corrected chi connectivity index (χ3v) is 6.05. The Morgan fingerprint density at radius 1 is 0.971 bits per heavy atom. The third-order valence-electron chi connectivity index (χ3n) is 6.05. The van der Waals surface area contributed by atoms with Crippen molar-refractivity contribution in [1.29, 1.82) is 0 Å². The van der Waals surface area contributed by atoms with E-state index in [9.17, 15) is 4.79 Å². The molecule has 0 aliphatic heterocycles. The molecule has 9 nitrogen and oxygen atoms in total. The van der Waals surface area contributed by atoms with Crippen molar-refractivity contribution in [3.8, 4) is 11.3 Å². The largest absolute Gasteiger partial charge is 0.366 e. The van der Waals surface area contributed by atoms with Gasteiger partial charge in [-0.25, -0.2) is 9.67 Å². The van der Waals surface area contributed by atoms with E-state index in [1.807, 2.05) is 73.1 Å². The molecule has 5 rings (SSSR count). The maximum Gasteiger partial charge on any atom is 0.254 e. The molecule has 0 saturated carbocycles. The number of nitrogens with two attached hydrogens (primary N) is 1. The number of carbonyl (C=O) groups excluding carboxylic acids is 1.